The number of nitrogens with two attached hydrogens (primary N) is 1. The molecule has 2 fully saturated rings. The van der Waals surface area contributed by atoms with E-state index in [0.29, 0.717) is 19.0 Å². The zero-order chi connectivity index (χ0) is 17.5. The number of methoxy groups -OCH3 is 2. The summed E-state index contributed by atoms with van der Waals surface area (Å²) in [5, 5.41) is 0. The maximum Gasteiger partial charge on any atom is 0.341 e. The van der Waals surface area contributed by atoms with E-state index in [4.69, 9.17) is 10.5 Å². The third-order valence-electron chi connectivity index (χ3n) is 5.09. The highest BCUT2D eigenvalue weighted by Gasteiger charge is 2.45. The second-order valence-corrected chi connectivity index (χ2v) is 8.28. The average Bonchev–Trinajstić information content (AvgIpc) is 3.16. The molecule has 0 aromatic heterocycles. The number of benzene rings is 1. The van der Waals surface area contributed by atoms with E-state index in [1.807, 2.05) is 0 Å². The number of carbonyl (C=O) groups is 1. The Morgan fingerprint density at radius 1 is 1.24 bits per heavy atom. The van der Waals surface area contributed by atoms with Gasteiger partial charge >= 0.3 is 5.97 Å². The average molecular weight is 391 g/mol. The van der Waals surface area contributed by atoms with Crippen LogP contribution in [0.3, 0.4) is 0 Å². The lowest BCUT2D eigenvalue weighted by Gasteiger charge is -2.19. The molecule has 1 aliphatic heterocycles. The van der Waals surface area contributed by atoms with Crippen molar-refractivity contribution in [1.82, 2.24) is 4.31 Å². The number of hydrogen-bond acceptors (Lipinski definition) is 6. The molecule has 7 nitrogen and oxygen atoms in total. The number of ether oxygens (including phenoxy) is 2. The third-order valence-corrected chi connectivity index (χ3v) is 6.92. The maximum absolute atomic E-state index is 12.9. The Balaban J connectivity index is 0.00000225. The third kappa shape index (κ3) is 3.48. The van der Waals surface area contributed by atoms with Crippen LogP contribution >= 0.6 is 12.4 Å². The highest BCUT2D eigenvalue weighted by molar-refractivity contribution is 7.89. The number of halogens is 1. The Morgan fingerprint density at radius 3 is 2.56 bits per heavy atom. The normalized spacial score (nSPS) is 26.0. The summed E-state index contributed by atoms with van der Waals surface area (Å²) in [5.74, 6) is 0.179. The standard InChI is InChI=1S/C16H22N2O5S.ClH/c1-22-15-7-11(4-5-12(15)16(19)23-2)24(20,21)18-8-10-3-6-14(17)13(10)9-18;/h4-5,7,10,13-14H,3,6,8-9,17H2,1-2H3;1H. The number of fused-ring (bicyclic) bond motifs is 1. The second kappa shape index (κ2) is 7.49. The zero-order valence-electron chi connectivity index (χ0n) is 14.2. The van der Waals surface area contributed by atoms with Crippen LogP contribution in [0.5, 0.6) is 5.75 Å². The first-order valence-corrected chi connectivity index (χ1v) is 9.34. The first-order valence-electron chi connectivity index (χ1n) is 7.90. The molecule has 1 aromatic rings. The van der Waals surface area contributed by atoms with E-state index in [1.54, 1.807) is 0 Å². The number of hydrogen-bond donors (Lipinski definition) is 1. The van der Waals surface area contributed by atoms with Crippen molar-refractivity contribution in [1.29, 1.82) is 0 Å². The molecule has 1 saturated carbocycles. The molecule has 25 heavy (non-hydrogen) atoms. The summed E-state index contributed by atoms with van der Waals surface area (Å²) < 4.78 is 37.1. The van der Waals surface area contributed by atoms with E-state index in [9.17, 15) is 13.2 Å². The van der Waals surface area contributed by atoms with Gasteiger partial charge in [0, 0.05) is 25.2 Å². The Morgan fingerprint density at radius 2 is 1.96 bits per heavy atom. The predicted molar refractivity (Wildman–Crippen MR) is 94.5 cm³/mol. The quantitative estimate of drug-likeness (QED) is 0.777. The molecule has 1 saturated heterocycles. The Labute approximate surface area is 153 Å². The minimum Gasteiger partial charge on any atom is -0.496 e. The molecule has 2 aliphatic rings. The van der Waals surface area contributed by atoms with Gasteiger partial charge in [-0.05, 0) is 36.8 Å². The lowest BCUT2D eigenvalue weighted by Crippen LogP contribution is -2.33. The van der Waals surface area contributed by atoms with Crippen molar-refractivity contribution in [3.8, 4) is 5.75 Å². The Kier molecular flexibility index (Phi) is 5.98. The summed E-state index contributed by atoms with van der Waals surface area (Å²) >= 11 is 0. The van der Waals surface area contributed by atoms with Gasteiger partial charge in [-0.3, -0.25) is 0 Å². The van der Waals surface area contributed by atoms with E-state index in [2.05, 4.69) is 4.74 Å². The van der Waals surface area contributed by atoms with E-state index in [0.717, 1.165) is 12.8 Å². The first kappa shape index (κ1) is 20.0. The number of sulfonamides is 1. The molecule has 0 spiro atoms. The fourth-order valence-electron chi connectivity index (χ4n) is 3.72. The first-order chi connectivity index (χ1) is 11.4. The molecule has 3 rings (SSSR count). The fraction of sp³-hybridized carbons (Fsp3) is 0.562. The van der Waals surface area contributed by atoms with Crippen LogP contribution < -0.4 is 10.5 Å². The summed E-state index contributed by atoms with van der Waals surface area (Å²) in [6.45, 7) is 0.955. The zero-order valence-corrected chi connectivity index (χ0v) is 15.8. The molecule has 0 radical (unpaired) electrons. The van der Waals surface area contributed by atoms with Gasteiger partial charge in [-0.2, -0.15) is 4.31 Å². The second-order valence-electron chi connectivity index (χ2n) is 6.34. The summed E-state index contributed by atoms with van der Waals surface area (Å²) in [4.78, 5) is 11.8. The van der Waals surface area contributed by atoms with Crippen molar-refractivity contribution in [3.63, 3.8) is 0 Å². The van der Waals surface area contributed by atoms with Crippen molar-refractivity contribution >= 4 is 28.4 Å². The molecule has 2 N–H and O–H groups in total. The van der Waals surface area contributed by atoms with Crippen molar-refractivity contribution < 1.29 is 22.7 Å². The van der Waals surface area contributed by atoms with Crippen LogP contribution in [0.2, 0.25) is 0 Å². The lowest BCUT2D eigenvalue weighted by atomic mass is 9.98. The monoisotopic (exact) mass is 390 g/mol. The van der Waals surface area contributed by atoms with Crippen molar-refractivity contribution in [2.24, 2.45) is 17.6 Å². The van der Waals surface area contributed by atoms with E-state index < -0.39 is 16.0 Å². The van der Waals surface area contributed by atoms with Crippen LogP contribution in [-0.2, 0) is 14.8 Å². The van der Waals surface area contributed by atoms with Gasteiger partial charge < -0.3 is 15.2 Å². The molecule has 140 valence electrons. The SMILES string of the molecule is COC(=O)c1ccc(S(=O)(=O)N2CC3CCC(N)C3C2)cc1OC.Cl. The van der Waals surface area contributed by atoms with Crippen LogP contribution in [0.4, 0.5) is 0 Å². The van der Waals surface area contributed by atoms with Crippen molar-refractivity contribution in [2.45, 2.75) is 23.8 Å². The number of nitrogens with zero attached hydrogens (tertiary/aromatic N) is 1. The molecule has 1 heterocycles. The number of carbonyl (C=O) groups excluding carboxylic acids is 1. The van der Waals surface area contributed by atoms with E-state index in [1.165, 1.54) is 36.7 Å². The number of esters is 1. The van der Waals surface area contributed by atoms with Gasteiger partial charge in [0.25, 0.3) is 0 Å². The summed E-state index contributed by atoms with van der Waals surface area (Å²) in [5.41, 5.74) is 6.28. The van der Waals surface area contributed by atoms with Gasteiger partial charge in [-0.1, -0.05) is 0 Å². The molecule has 9 heteroatoms. The highest BCUT2D eigenvalue weighted by Crippen LogP contribution is 2.39. The minimum absolute atomic E-state index is 0. The van der Waals surface area contributed by atoms with Gasteiger partial charge in [0.15, 0.2) is 0 Å². The molecule has 1 aliphatic carbocycles. The largest absolute Gasteiger partial charge is 0.496 e. The lowest BCUT2D eigenvalue weighted by molar-refractivity contribution is 0.0597. The van der Waals surface area contributed by atoms with Gasteiger partial charge in [0.05, 0.1) is 19.1 Å². The van der Waals surface area contributed by atoms with Crippen LogP contribution in [0.1, 0.15) is 23.2 Å². The minimum atomic E-state index is -3.64. The Hall–Kier alpha value is -1.35. The van der Waals surface area contributed by atoms with Crippen LogP contribution in [0, 0.1) is 11.8 Å². The number of rotatable bonds is 4. The maximum atomic E-state index is 12.9. The Bertz CT molecular complexity index is 755. The smallest absolute Gasteiger partial charge is 0.341 e. The molecule has 3 atom stereocenters. The van der Waals surface area contributed by atoms with Crippen LogP contribution in [0.15, 0.2) is 23.1 Å². The summed E-state index contributed by atoms with van der Waals surface area (Å²) in [7, 11) is -0.991. The van der Waals surface area contributed by atoms with Crippen LogP contribution in [0.25, 0.3) is 0 Å². The van der Waals surface area contributed by atoms with E-state index >= 15 is 0 Å². The van der Waals surface area contributed by atoms with Crippen LogP contribution in [-0.4, -0.2) is 52.0 Å². The van der Waals surface area contributed by atoms with Gasteiger partial charge in [0.1, 0.15) is 11.3 Å². The predicted octanol–water partition coefficient (Wildman–Crippen LogP) is 1.26. The topological polar surface area (TPSA) is 98.9 Å². The summed E-state index contributed by atoms with van der Waals surface area (Å²) in [6.07, 6.45) is 1.94. The van der Waals surface area contributed by atoms with Gasteiger partial charge in [0.2, 0.25) is 10.0 Å². The fourth-order valence-corrected chi connectivity index (χ4v) is 5.27. The molecule has 0 bridgehead atoms. The van der Waals surface area contributed by atoms with Crippen molar-refractivity contribution in [2.75, 3.05) is 27.3 Å². The summed E-state index contributed by atoms with van der Waals surface area (Å²) in [6, 6.07) is 4.28. The van der Waals surface area contributed by atoms with E-state index in [-0.39, 0.29) is 40.6 Å². The van der Waals surface area contributed by atoms with Gasteiger partial charge in [-0.15, -0.1) is 12.4 Å². The molecule has 0 amide bonds. The van der Waals surface area contributed by atoms with Crippen molar-refractivity contribution in [3.05, 3.63) is 23.8 Å². The van der Waals surface area contributed by atoms with Gasteiger partial charge in [-0.25, -0.2) is 13.2 Å². The molecule has 1 aromatic carbocycles. The highest BCUT2D eigenvalue weighted by atomic mass is 35.5. The molecular weight excluding hydrogens is 368 g/mol. The molecular formula is C16H23ClN2O5S. The molecule has 3 unspecified atom stereocenters.